The summed E-state index contributed by atoms with van der Waals surface area (Å²) in [4.78, 5) is 0. The molecule has 15 heavy (non-hydrogen) atoms. The second-order valence-electron chi connectivity index (χ2n) is 3.47. The van der Waals surface area contributed by atoms with Crippen LogP contribution in [0.5, 0.6) is 0 Å². The Morgan fingerprint density at radius 2 is 1.67 bits per heavy atom. The molecule has 0 heterocycles. The van der Waals surface area contributed by atoms with Gasteiger partial charge in [0.2, 0.25) is 0 Å². The summed E-state index contributed by atoms with van der Waals surface area (Å²) in [6, 6.07) is 12.9. The Balaban J connectivity index is 2.49. The van der Waals surface area contributed by atoms with Crippen LogP contribution in [0.15, 0.2) is 42.5 Å². The monoisotopic (exact) mass is 312 g/mol. The maximum Gasteiger partial charge on any atom is 0.123 e. The van der Waals surface area contributed by atoms with Crippen molar-refractivity contribution >= 4 is 22.6 Å². The fourth-order valence-corrected chi connectivity index (χ4v) is 2.23. The summed E-state index contributed by atoms with van der Waals surface area (Å²) in [5.41, 5.74) is 3.44. The van der Waals surface area contributed by atoms with E-state index < -0.39 is 0 Å². The number of hydrogen-bond donors (Lipinski definition) is 0. The van der Waals surface area contributed by atoms with Gasteiger partial charge in [0.25, 0.3) is 0 Å². The number of hydrogen-bond acceptors (Lipinski definition) is 0. The highest BCUT2D eigenvalue weighted by molar-refractivity contribution is 14.1. The Bertz CT molecular complexity index is 474. The minimum Gasteiger partial charge on any atom is -0.207 e. The Labute approximate surface area is 102 Å². The van der Waals surface area contributed by atoms with Crippen molar-refractivity contribution < 1.29 is 4.39 Å². The zero-order chi connectivity index (χ0) is 10.8. The SMILES string of the molecule is Cc1cc(I)ccc1-c1ccc(F)cc1. The van der Waals surface area contributed by atoms with Crippen molar-refractivity contribution in [1.29, 1.82) is 0 Å². The maximum absolute atomic E-state index is 12.8. The summed E-state index contributed by atoms with van der Waals surface area (Å²) < 4.78 is 14.0. The molecule has 0 aliphatic carbocycles. The van der Waals surface area contributed by atoms with E-state index in [9.17, 15) is 4.39 Å². The van der Waals surface area contributed by atoms with Crippen molar-refractivity contribution in [2.24, 2.45) is 0 Å². The standard InChI is InChI=1S/C13H10FI/c1-9-8-12(15)6-7-13(9)10-2-4-11(14)5-3-10/h2-8H,1H3. The molecule has 0 amide bonds. The van der Waals surface area contributed by atoms with Gasteiger partial charge >= 0.3 is 0 Å². The predicted octanol–water partition coefficient (Wildman–Crippen LogP) is 4.41. The van der Waals surface area contributed by atoms with Gasteiger partial charge in [-0.25, -0.2) is 4.39 Å². The Hall–Kier alpha value is -0.900. The van der Waals surface area contributed by atoms with Gasteiger partial charge in [-0.2, -0.15) is 0 Å². The van der Waals surface area contributed by atoms with Gasteiger partial charge in [0.1, 0.15) is 5.82 Å². The van der Waals surface area contributed by atoms with E-state index in [-0.39, 0.29) is 5.82 Å². The van der Waals surface area contributed by atoms with Gasteiger partial charge in [0.15, 0.2) is 0 Å². The molecule has 2 aromatic rings. The summed E-state index contributed by atoms with van der Waals surface area (Å²) in [5.74, 6) is -0.193. The first-order valence-corrected chi connectivity index (χ1v) is 5.77. The van der Waals surface area contributed by atoms with E-state index >= 15 is 0 Å². The van der Waals surface area contributed by atoms with Crippen LogP contribution in [-0.2, 0) is 0 Å². The molecule has 0 unspecified atom stereocenters. The van der Waals surface area contributed by atoms with E-state index in [1.165, 1.54) is 21.3 Å². The Kier molecular flexibility index (Phi) is 3.05. The van der Waals surface area contributed by atoms with Crippen molar-refractivity contribution in [3.8, 4) is 11.1 Å². The second kappa shape index (κ2) is 4.31. The molecule has 0 nitrogen and oxygen atoms in total. The minimum absolute atomic E-state index is 0.193. The zero-order valence-electron chi connectivity index (χ0n) is 8.30. The van der Waals surface area contributed by atoms with E-state index in [4.69, 9.17) is 0 Å². The Morgan fingerprint density at radius 3 is 2.27 bits per heavy atom. The van der Waals surface area contributed by atoms with Crippen molar-refractivity contribution in [3.63, 3.8) is 0 Å². The topological polar surface area (TPSA) is 0 Å². The molecular formula is C13H10FI. The molecule has 0 fully saturated rings. The Morgan fingerprint density at radius 1 is 1.00 bits per heavy atom. The minimum atomic E-state index is -0.193. The summed E-state index contributed by atoms with van der Waals surface area (Å²) in [7, 11) is 0. The molecule has 76 valence electrons. The molecule has 0 spiro atoms. The first-order valence-electron chi connectivity index (χ1n) is 4.69. The van der Waals surface area contributed by atoms with Gasteiger partial charge in [-0.05, 0) is 70.5 Å². The summed E-state index contributed by atoms with van der Waals surface area (Å²) >= 11 is 2.29. The number of rotatable bonds is 1. The first-order chi connectivity index (χ1) is 7.16. The quantitative estimate of drug-likeness (QED) is 0.685. The average molecular weight is 312 g/mol. The largest absolute Gasteiger partial charge is 0.207 e. The molecule has 2 heteroatoms. The molecule has 2 rings (SSSR count). The lowest BCUT2D eigenvalue weighted by Gasteiger charge is -2.06. The lowest BCUT2D eigenvalue weighted by Crippen LogP contribution is -1.84. The van der Waals surface area contributed by atoms with Crippen LogP contribution in [0.2, 0.25) is 0 Å². The molecular weight excluding hydrogens is 302 g/mol. The molecule has 0 bridgehead atoms. The van der Waals surface area contributed by atoms with Gasteiger partial charge in [0.05, 0.1) is 0 Å². The van der Waals surface area contributed by atoms with Crippen LogP contribution in [0.1, 0.15) is 5.56 Å². The number of aryl methyl sites for hydroxylation is 1. The molecule has 0 saturated heterocycles. The molecule has 0 aromatic heterocycles. The van der Waals surface area contributed by atoms with Gasteiger partial charge in [0, 0.05) is 3.57 Å². The lowest BCUT2D eigenvalue weighted by molar-refractivity contribution is 0.628. The maximum atomic E-state index is 12.8. The number of benzene rings is 2. The van der Waals surface area contributed by atoms with E-state index in [2.05, 4.69) is 47.7 Å². The third-order valence-corrected chi connectivity index (χ3v) is 3.01. The average Bonchev–Trinajstić information content (AvgIpc) is 2.20. The lowest BCUT2D eigenvalue weighted by atomic mass is 10.0. The van der Waals surface area contributed by atoms with Crippen molar-refractivity contribution in [2.45, 2.75) is 6.92 Å². The van der Waals surface area contributed by atoms with Gasteiger partial charge in [-0.15, -0.1) is 0 Å². The zero-order valence-corrected chi connectivity index (χ0v) is 10.5. The van der Waals surface area contributed by atoms with Gasteiger partial charge < -0.3 is 0 Å². The van der Waals surface area contributed by atoms with Crippen LogP contribution in [0, 0.1) is 16.3 Å². The first kappa shape index (κ1) is 10.6. The molecule has 0 aliphatic heterocycles. The third-order valence-electron chi connectivity index (χ3n) is 2.34. The highest BCUT2D eigenvalue weighted by Crippen LogP contribution is 2.24. The van der Waals surface area contributed by atoms with E-state index in [1.54, 1.807) is 0 Å². The van der Waals surface area contributed by atoms with Crippen molar-refractivity contribution in [1.82, 2.24) is 0 Å². The predicted molar refractivity (Wildman–Crippen MR) is 69.3 cm³/mol. The molecule has 0 saturated carbocycles. The van der Waals surface area contributed by atoms with Crippen LogP contribution in [-0.4, -0.2) is 0 Å². The van der Waals surface area contributed by atoms with Crippen molar-refractivity contribution in [3.05, 3.63) is 57.4 Å². The molecule has 0 radical (unpaired) electrons. The van der Waals surface area contributed by atoms with Crippen LogP contribution < -0.4 is 0 Å². The van der Waals surface area contributed by atoms with Crippen LogP contribution in [0.3, 0.4) is 0 Å². The fraction of sp³-hybridized carbons (Fsp3) is 0.0769. The van der Waals surface area contributed by atoms with Crippen LogP contribution in [0.25, 0.3) is 11.1 Å². The number of halogens is 2. The van der Waals surface area contributed by atoms with E-state index in [1.807, 2.05) is 12.1 Å². The third kappa shape index (κ3) is 2.37. The highest BCUT2D eigenvalue weighted by Gasteiger charge is 2.02. The summed E-state index contributed by atoms with van der Waals surface area (Å²) in [5, 5.41) is 0. The normalized spacial score (nSPS) is 10.3. The van der Waals surface area contributed by atoms with E-state index in [0.717, 1.165) is 11.1 Å². The second-order valence-corrected chi connectivity index (χ2v) is 4.71. The highest BCUT2D eigenvalue weighted by atomic mass is 127. The molecule has 0 atom stereocenters. The van der Waals surface area contributed by atoms with Gasteiger partial charge in [-0.1, -0.05) is 18.2 Å². The molecule has 0 aliphatic rings. The van der Waals surface area contributed by atoms with Crippen LogP contribution in [0.4, 0.5) is 4.39 Å². The summed E-state index contributed by atoms with van der Waals surface area (Å²) in [6.07, 6.45) is 0. The van der Waals surface area contributed by atoms with Gasteiger partial charge in [-0.3, -0.25) is 0 Å². The van der Waals surface area contributed by atoms with Crippen molar-refractivity contribution in [2.75, 3.05) is 0 Å². The fourth-order valence-electron chi connectivity index (χ4n) is 1.58. The summed E-state index contributed by atoms with van der Waals surface area (Å²) in [6.45, 7) is 2.07. The van der Waals surface area contributed by atoms with Crippen LogP contribution >= 0.6 is 22.6 Å². The molecule has 0 N–H and O–H groups in total. The molecule has 2 aromatic carbocycles. The smallest absolute Gasteiger partial charge is 0.123 e. The van der Waals surface area contributed by atoms with E-state index in [0.29, 0.717) is 0 Å².